The Balaban J connectivity index is 1.14. The molecule has 1 aromatic heterocycles. The van der Waals surface area contributed by atoms with Gasteiger partial charge in [-0.15, -0.1) is 11.3 Å². The van der Waals surface area contributed by atoms with E-state index in [2.05, 4.69) is 195 Å². The number of rotatable bonds is 5. The molecule has 0 saturated carbocycles. The number of allylic oxidation sites excluding steroid dienone is 11. The van der Waals surface area contributed by atoms with Gasteiger partial charge in [0.15, 0.2) is 0 Å². The minimum absolute atomic E-state index is 0.0416. The lowest BCUT2D eigenvalue weighted by atomic mass is 9.74. The predicted molar refractivity (Wildman–Crippen MR) is 236 cm³/mol. The number of thiophene rings is 1. The van der Waals surface area contributed by atoms with E-state index < -0.39 is 0 Å². The van der Waals surface area contributed by atoms with Crippen molar-refractivity contribution < 1.29 is 0 Å². The second-order valence-electron chi connectivity index (χ2n) is 15.9. The molecule has 11 rings (SSSR count). The van der Waals surface area contributed by atoms with E-state index in [-0.39, 0.29) is 5.41 Å². The minimum atomic E-state index is -0.0416. The Labute approximate surface area is 327 Å². The summed E-state index contributed by atoms with van der Waals surface area (Å²) in [6, 6.07) is 49.9. The summed E-state index contributed by atoms with van der Waals surface area (Å²) >= 11 is 1.89. The third kappa shape index (κ3) is 5.05. The lowest BCUT2D eigenvalue weighted by Gasteiger charge is -2.34. The molecule has 0 spiro atoms. The Hall–Kier alpha value is -5.96. The number of nitrogens with zero attached hydrogens (tertiary/aromatic N) is 1. The van der Waals surface area contributed by atoms with Crippen LogP contribution in [0.25, 0.3) is 42.1 Å². The first kappa shape index (κ1) is 32.5. The molecule has 0 aliphatic heterocycles. The SMILES string of the molecule is CC1(C)C2=CC(N(c3cccc(C4=C(c5cccc6ccccc56)C5CC=CC=C5C=C4)c3)c3cccc4sc5ccccc5c34)=CCC2c2ccccc21. The summed E-state index contributed by atoms with van der Waals surface area (Å²) in [5.41, 5.74) is 14.7. The van der Waals surface area contributed by atoms with Crippen molar-refractivity contribution in [2.75, 3.05) is 4.90 Å². The summed E-state index contributed by atoms with van der Waals surface area (Å²) in [4.78, 5) is 2.56. The molecule has 0 fully saturated rings. The first-order chi connectivity index (χ1) is 27.0. The molecule has 4 aliphatic rings. The van der Waals surface area contributed by atoms with Gasteiger partial charge in [0.25, 0.3) is 0 Å². The van der Waals surface area contributed by atoms with Crippen LogP contribution >= 0.6 is 11.3 Å². The third-order valence-corrected chi connectivity index (χ3v) is 13.8. The van der Waals surface area contributed by atoms with Crippen LogP contribution in [0.3, 0.4) is 0 Å². The van der Waals surface area contributed by atoms with Gasteiger partial charge in [0.2, 0.25) is 0 Å². The van der Waals surface area contributed by atoms with Crippen LogP contribution in [0.15, 0.2) is 193 Å². The van der Waals surface area contributed by atoms with E-state index in [0.29, 0.717) is 11.8 Å². The molecular formula is C53H41NS. The summed E-state index contributed by atoms with van der Waals surface area (Å²) in [7, 11) is 0. The van der Waals surface area contributed by atoms with Crippen LogP contribution in [-0.2, 0) is 5.41 Å². The van der Waals surface area contributed by atoms with Crippen molar-refractivity contribution in [3.8, 4) is 0 Å². The molecule has 0 N–H and O–H groups in total. The highest BCUT2D eigenvalue weighted by Crippen LogP contribution is 2.55. The Bertz CT molecular complexity index is 2910. The Morgan fingerprint density at radius 1 is 0.691 bits per heavy atom. The van der Waals surface area contributed by atoms with Gasteiger partial charge >= 0.3 is 0 Å². The average Bonchev–Trinajstić information content (AvgIpc) is 3.73. The second kappa shape index (κ2) is 12.5. The van der Waals surface area contributed by atoms with Gasteiger partial charge in [0.1, 0.15) is 0 Å². The van der Waals surface area contributed by atoms with E-state index >= 15 is 0 Å². The van der Waals surface area contributed by atoms with Crippen molar-refractivity contribution in [3.63, 3.8) is 0 Å². The van der Waals surface area contributed by atoms with Gasteiger partial charge in [-0.1, -0.05) is 159 Å². The molecule has 4 aliphatic carbocycles. The van der Waals surface area contributed by atoms with Crippen LogP contribution < -0.4 is 4.90 Å². The molecule has 2 unspecified atom stereocenters. The largest absolute Gasteiger partial charge is 0.310 e. The fraction of sp³-hybridized carbons (Fsp3) is 0.132. The second-order valence-corrected chi connectivity index (χ2v) is 17.0. The maximum atomic E-state index is 2.56. The molecule has 0 amide bonds. The van der Waals surface area contributed by atoms with Gasteiger partial charge in [-0.3, -0.25) is 0 Å². The summed E-state index contributed by atoms with van der Waals surface area (Å²) in [5.74, 6) is 0.712. The molecule has 0 saturated heterocycles. The fourth-order valence-corrected chi connectivity index (χ4v) is 11.2. The van der Waals surface area contributed by atoms with Gasteiger partial charge in [-0.05, 0) is 99.0 Å². The van der Waals surface area contributed by atoms with Crippen LogP contribution in [0.4, 0.5) is 11.4 Å². The highest BCUT2D eigenvalue weighted by atomic mass is 32.1. The van der Waals surface area contributed by atoms with E-state index in [1.54, 1.807) is 0 Å². The summed E-state index contributed by atoms with van der Waals surface area (Å²) in [6.07, 6.45) is 18.6. The van der Waals surface area contributed by atoms with Crippen molar-refractivity contribution in [3.05, 3.63) is 215 Å². The normalized spacial score (nSPS) is 19.6. The molecule has 2 atom stereocenters. The fourth-order valence-electron chi connectivity index (χ4n) is 10.1. The van der Waals surface area contributed by atoms with Crippen LogP contribution in [0.5, 0.6) is 0 Å². The lowest BCUT2D eigenvalue weighted by molar-refractivity contribution is 0.609. The zero-order valence-electron chi connectivity index (χ0n) is 31.2. The first-order valence-electron chi connectivity index (χ1n) is 19.6. The highest BCUT2D eigenvalue weighted by Gasteiger charge is 2.42. The Morgan fingerprint density at radius 2 is 1.47 bits per heavy atom. The zero-order chi connectivity index (χ0) is 36.7. The van der Waals surface area contributed by atoms with E-state index in [1.807, 2.05) is 11.3 Å². The maximum absolute atomic E-state index is 2.56. The van der Waals surface area contributed by atoms with Crippen molar-refractivity contribution in [1.29, 1.82) is 0 Å². The molecule has 7 aromatic rings. The molecule has 1 heterocycles. The molecule has 6 aromatic carbocycles. The maximum Gasteiger partial charge on any atom is 0.0554 e. The molecule has 0 bridgehead atoms. The molecule has 264 valence electrons. The van der Waals surface area contributed by atoms with Crippen molar-refractivity contribution >= 4 is 64.8 Å². The smallest absolute Gasteiger partial charge is 0.0554 e. The summed E-state index contributed by atoms with van der Waals surface area (Å²) in [6.45, 7) is 4.83. The number of hydrogen-bond donors (Lipinski definition) is 0. The summed E-state index contributed by atoms with van der Waals surface area (Å²) in [5, 5.41) is 5.22. The molecule has 55 heavy (non-hydrogen) atoms. The van der Waals surface area contributed by atoms with Gasteiger partial charge < -0.3 is 4.90 Å². The molecule has 2 heteroatoms. The first-order valence-corrected chi connectivity index (χ1v) is 20.5. The molecule has 0 radical (unpaired) electrons. The zero-order valence-corrected chi connectivity index (χ0v) is 32.0. The summed E-state index contributed by atoms with van der Waals surface area (Å²) < 4.78 is 2.64. The predicted octanol–water partition coefficient (Wildman–Crippen LogP) is 14.6. The van der Waals surface area contributed by atoms with Gasteiger partial charge in [0, 0.05) is 48.8 Å². The van der Waals surface area contributed by atoms with E-state index in [4.69, 9.17) is 0 Å². The quantitative estimate of drug-likeness (QED) is 0.171. The number of anilines is 2. The van der Waals surface area contributed by atoms with Crippen LogP contribution in [0.1, 0.15) is 54.9 Å². The van der Waals surface area contributed by atoms with Crippen molar-refractivity contribution in [2.45, 2.75) is 38.0 Å². The Morgan fingerprint density at radius 3 is 2.42 bits per heavy atom. The van der Waals surface area contributed by atoms with Gasteiger partial charge in [-0.25, -0.2) is 0 Å². The third-order valence-electron chi connectivity index (χ3n) is 12.6. The lowest BCUT2D eigenvalue weighted by Crippen LogP contribution is -2.23. The Kier molecular flexibility index (Phi) is 7.41. The van der Waals surface area contributed by atoms with Crippen LogP contribution in [0.2, 0.25) is 0 Å². The van der Waals surface area contributed by atoms with Gasteiger partial charge in [0.05, 0.1) is 5.69 Å². The number of benzene rings is 6. The average molecular weight is 724 g/mol. The molecule has 1 nitrogen and oxygen atoms in total. The topological polar surface area (TPSA) is 3.24 Å². The van der Waals surface area contributed by atoms with E-state index in [1.165, 1.54) is 92.6 Å². The number of hydrogen-bond acceptors (Lipinski definition) is 2. The number of fused-ring (bicyclic) bond motifs is 8. The van der Waals surface area contributed by atoms with Gasteiger partial charge in [-0.2, -0.15) is 0 Å². The van der Waals surface area contributed by atoms with Crippen molar-refractivity contribution in [2.24, 2.45) is 5.92 Å². The molecular weight excluding hydrogens is 683 g/mol. The standard InChI is InChI=1S/C53H41NS/c1-53(2)46-24-9-7-21-42(46)43-31-29-38(33-47(43)53)54(48-25-13-27-50-52(48)45-22-8-10-26-49(45)55-50)37-18-11-17-36(32-37)41-30-28-35-15-4-6-20-40(35)51(41)44-23-12-16-34-14-3-5-19-39(34)44/h3-19,21-30,32-33,40,43H,20,31H2,1-2H3. The van der Waals surface area contributed by atoms with E-state index in [0.717, 1.165) is 12.8 Å². The van der Waals surface area contributed by atoms with Crippen molar-refractivity contribution in [1.82, 2.24) is 0 Å². The van der Waals surface area contributed by atoms with Crippen LogP contribution in [-0.4, -0.2) is 0 Å². The van der Waals surface area contributed by atoms with Crippen LogP contribution in [0, 0.1) is 5.92 Å². The van der Waals surface area contributed by atoms with E-state index in [9.17, 15) is 0 Å². The highest BCUT2D eigenvalue weighted by molar-refractivity contribution is 7.26. The minimum Gasteiger partial charge on any atom is -0.310 e. The monoisotopic (exact) mass is 723 g/mol.